The Morgan fingerprint density at radius 2 is 1.82 bits per heavy atom. The largest absolute Gasteiger partial charge is 0.357 e. The second-order valence-corrected chi connectivity index (χ2v) is 5.97. The van der Waals surface area contributed by atoms with Crippen molar-refractivity contribution >= 4 is 33.4 Å². The summed E-state index contributed by atoms with van der Waals surface area (Å²) in [6.45, 7) is 0. The lowest BCUT2D eigenvalue weighted by Crippen LogP contribution is -2.47. The molecule has 0 saturated heterocycles. The number of fused-ring (bicyclic) bond motifs is 1. The summed E-state index contributed by atoms with van der Waals surface area (Å²) in [5.74, 6) is -0.331. The Morgan fingerprint density at radius 3 is 2.55 bits per heavy atom. The number of carbonyl (C=O) groups excluding carboxylic acids is 2. The minimum atomic E-state index is -0.512. The van der Waals surface area contributed by atoms with Crippen molar-refractivity contribution in [1.29, 1.82) is 0 Å². The van der Waals surface area contributed by atoms with Crippen LogP contribution in [-0.2, 0) is 11.2 Å². The molecule has 0 radical (unpaired) electrons. The van der Waals surface area contributed by atoms with Crippen molar-refractivity contribution in [3.63, 3.8) is 0 Å². The number of amides is 2. The molecule has 3 rings (SSSR count). The van der Waals surface area contributed by atoms with E-state index in [1.807, 2.05) is 42.5 Å². The van der Waals surface area contributed by atoms with Crippen LogP contribution in [0, 0.1) is 0 Å². The summed E-state index contributed by atoms with van der Waals surface area (Å²) < 4.78 is 0.722. The molecule has 1 aliphatic rings. The molecule has 2 aromatic rings. The van der Waals surface area contributed by atoms with Gasteiger partial charge >= 0.3 is 0 Å². The lowest BCUT2D eigenvalue weighted by atomic mass is 10.1. The third-order valence-electron chi connectivity index (χ3n) is 3.85. The summed E-state index contributed by atoms with van der Waals surface area (Å²) in [5.41, 5.74) is 2.36. The number of hydrogen-bond donors (Lipinski definition) is 1. The van der Waals surface area contributed by atoms with Crippen LogP contribution in [0.2, 0.25) is 0 Å². The number of nitrogens with zero attached hydrogens (tertiary/aromatic N) is 1. The zero-order valence-electron chi connectivity index (χ0n) is 12.0. The van der Waals surface area contributed by atoms with Crippen molar-refractivity contribution in [3.05, 3.63) is 64.1 Å². The molecule has 0 fully saturated rings. The Hall–Kier alpha value is -2.14. The number of rotatable bonds is 2. The minimum Gasteiger partial charge on any atom is -0.357 e. The maximum atomic E-state index is 13.0. The topological polar surface area (TPSA) is 49.4 Å². The number of nitrogens with one attached hydrogen (secondary N) is 1. The van der Waals surface area contributed by atoms with Crippen LogP contribution in [0.3, 0.4) is 0 Å². The molecule has 112 valence electrons. The molecule has 1 aliphatic heterocycles. The van der Waals surface area contributed by atoms with Crippen molar-refractivity contribution < 1.29 is 9.59 Å². The maximum Gasteiger partial charge on any atom is 0.260 e. The van der Waals surface area contributed by atoms with Crippen LogP contribution in [-0.4, -0.2) is 24.9 Å². The monoisotopic (exact) mass is 358 g/mol. The van der Waals surface area contributed by atoms with E-state index in [-0.39, 0.29) is 11.8 Å². The average molecular weight is 359 g/mol. The Bertz CT molecular complexity index is 745. The molecular weight excluding hydrogens is 344 g/mol. The van der Waals surface area contributed by atoms with Crippen molar-refractivity contribution in [2.75, 3.05) is 11.9 Å². The first kappa shape index (κ1) is 14.8. The van der Waals surface area contributed by atoms with Gasteiger partial charge in [0, 0.05) is 23.6 Å². The molecule has 0 aromatic heterocycles. The third kappa shape index (κ3) is 2.41. The molecule has 1 heterocycles. The first-order valence-corrected chi connectivity index (χ1v) is 7.80. The Morgan fingerprint density at radius 1 is 1.14 bits per heavy atom. The van der Waals surface area contributed by atoms with Gasteiger partial charge in [-0.1, -0.05) is 30.3 Å². The van der Waals surface area contributed by atoms with E-state index in [0.717, 1.165) is 15.7 Å². The molecule has 0 aliphatic carbocycles. The number of likely N-dealkylation sites (N-methyl/N-ethyl adjacent to an activating group) is 1. The normalized spacial score (nSPS) is 16.3. The fourth-order valence-electron chi connectivity index (χ4n) is 2.78. The van der Waals surface area contributed by atoms with Crippen LogP contribution < -0.4 is 10.2 Å². The summed E-state index contributed by atoms with van der Waals surface area (Å²) in [6.07, 6.45) is 0.534. The van der Waals surface area contributed by atoms with Gasteiger partial charge in [-0.25, -0.2) is 0 Å². The molecule has 4 nitrogen and oxygen atoms in total. The van der Waals surface area contributed by atoms with E-state index in [0.29, 0.717) is 12.0 Å². The zero-order chi connectivity index (χ0) is 15.7. The highest BCUT2D eigenvalue weighted by Crippen LogP contribution is 2.34. The highest BCUT2D eigenvalue weighted by atomic mass is 79.9. The summed E-state index contributed by atoms with van der Waals surface area (Å²) in [6, 6.07) is 14.4. The minimum absolute atomic E-state index is 0.156. The highest BCUT2D eigenvalue weighted by Gasteiger charge is 2.38. The molecule has 1 N–H and O–H groups in total. The third-order valence-corrected chi connectivity index (χ3v) is 4.54. The van der Waals surface area contributed by atoms with E-state index in [2.05, 4.69) is 21.2 Å². The zero-order valence-corrected chi connectivity index (χ0v) is 13.6. The molecule has 0 saturated carbocycles. The van der Waals surface area contributed by atoms with Crippen LogP contribution in [0.5, 0.6) is 0 Å². The average Bonchev–Trinajstić information content (AvgIpc) is 2.93. The number of para-hydroxylation sites is 1. The van der Waals surface area contributed by atoms with E-state index in [1.54, 1.807) is 18.0 Å². The first-order valence-electron chi connectivity index (χ1n) is 7.01. The number of carbonyl (C=O) groups is 2. The predicted octanol–water partition coefficient (Wildman–Crippen LogP) is 2.77. The first-order chi connectivity index (χ1) is 10.6. The van der Waals surface area contributed by atoms with Crippen LogP contribution in [0.15, 0.2) is 53.0 Å². The van der Waals surface area contributed by atoms with E-state index in [9.17, 15) is 9.59 Å². The molecular formula is C17H15BrN2O2. The van der Waals surface area contributed by atoms with Gasteiger partial charge in [0.15, 0.2) is 0 Å². The molecule has 0 bridgehead atoms. The van der Waals surface area contributed by atoms with Gasteiger partial charge in [-0.2, -0.15) is 0 Å². The summed E-state index contributed by atoms with van der Waals surface area (Å²) in [7, 11) is 1.59. The van der Waals surface area contributed by atoms with Crippen molar-refractivity contribution in [2.24, 2.45) is 0 Å². The SMILES string of the molecule is CNC(=O)C1Cc2ccccc2N1C(=O)c1ccccc1Br. The maximum absolute atomic E-state index is 13.0. The predicted molar refractivity (Wildman–Crippen MR) is 89.0 cm³/mol. The fourth-order valence-corrected chi connectivity index (χ4v) is 3.23. The van der Waals surface area contributed by atoms with Crippen LogP contribution in [0.25, 0.3) is 0 Å². The Labute approximate surface area is 137 Å². The highest BCUT2D eigenvalue weighted by molar-refractivity contribution is 9.10. The molecule has 22 heavy (non-hydrogen) atoms. The van der Waals surface area contributed by atoms with Gasteiger partial charge in [0.25, 0.3) is 5.91 Å². The second-order valence-electron chi connectivity index (χ2n) is 5.12. The van der Waals surface area contributed by atoms with Gasteiger partial charge in [-0.3, -0.25) is 14.5 Å². The van der Waals surface area contributed by atoms with Crippen molar-refractivity contribution in [3.8, 4) is 0 Å². The lowest BCUT2D eigenvalue weighted by molar-refractivity contribution is -0.121. The molecule has 5 heteroatoms. The molecule has 1 atom stereocenters. The van der Waals surface area contributed by atoms with E-state index in [4.69, 9.17) is 0 Å². The van der Waals surface area contributed by atoms with Crippen LogP contribution in [0.4, 0.5) is 5.69 Å². The lowest BCUT2D eigenvalue weighted by Gasteiger charge is -2.24. The smallest absolute Gasteiger partial charge is 0.260 e. The van der Waals surface area contributed by atoms with Gasteiger partial charge in [-0.15, -0.1) is 0 Å². The summed E-state index contributed by atoms with van der Waals surface area (Å²) in [5, 5.41) is 2.65. The summed E-state index contributed by atoms with van der Waals surface area (Å²) >= 11 is 3.41. The molecule has 2 aromatic carbocycles. The van der Waals surface area contributed by atoms with Gasteiger partial charge in [0.2, 0.25) is 5.91 Å². The fraction of sp³-hybridized carbons (Fsp3) is 0.176. The van der Waals surface area contributed by atoms with Crippen LogP contribution >= 0.6 is 15.9 Å². The standard InChI is InChI=1S/C17H15BrN2O2/c1-19-16(21)15-10-11-6-2-5-9-14(11)20(15)17(22)12-7-3-4-8-13(12)18/h2-9,15H,10H2,1H3,(H,19,21). The van der Waals surface area contributed by atoms with Gasteiger partial charge in [0.05, 0.1) is 5.56 Å². The molecule has 2 amide bonds. The number of halogens is 1. The quantitative estimate of drug-likeness (QED) is 0.897. The number of anilines is 1. The number of benzene rings is 2. The van der Waals surface area contributed by atoms with Crippen LogP contribution in [0.1, 0.15) is 15.9 Å². The molecule has 1 unspecified atom stereocenters. The Balaban J connectivity index is 2.07. The van der Waals surface area contributed by atoms with E-state index < -0.39 is 6.04 Å². The van der Waals surface area contributed by atoms with Gasteiger partial charge in [-0.05, 0) is 39.7 Å². The van der Waals surface area contributed by atoms with Crippen molar-refractivity contribution in [2.45, 2.75) is 12.5 Å². The van der Waals surface area contributed by atoms with Gasteiger partial charge < -0.3 is 5.32 Å². The van der Waals surface area contributed by atoms with E-state index in [1.165, 1.54) is 0 Å². The second kappa shape index (κ2) is 5.93. The summed E-state index contributed by atoms with van der Waals surface area (Å²) in [4.78, 5) is 26.8. The Kier molecular flexibility index (Phi) is 3.98. The van der Waals surface area contributed by atoms with Crippen molar-refractivity contribution in [1.82, 2.24) is 5.32 Å². The van der Waals surface area contributed by atoms with Gasteiger partial charge in [0.1, 0.15) is 6.04 Å². The molecule has 0 spiro atoms. The number of hydrogen-bond acceptors (Lipinski definition) is 2. The van der Waals surface area contributed by atoms with E-state index >= 15 is 0 Å².